The molecule has 0 aliphatic rings. The molecule has 2 aromatic rings. The SMILES string of the molecule is Cc1ccc(CNC(=O)c2cccc(C(N)=O)c2C)o1. The Morgan fingerprint density at radius 3 is 2.45 bits per heavy atom. The largest absolute Gasteiger partial charge is 0.465 e. The third-order valence-electron chi connectivity index (χ3n) is 3.06. The average molecular weight is 272 g/mol. The quantitative estimate of drug-likeness (QED) is 0.891. The zero-order chi connectivity index (χ0) is 14.7. The molecule has 5 heteroatoms. The molecular weight excluding hydrogens is 256 g/mol. The van der Waals surface area contributed by atoms with E-state index in [0.29, 0.717) is 29.0 Å². The van der Waals surface area contributed by atoms with E-state index in [1.165, 1.54) is 0 Å². The second-order valence-corrected chi connectivity index (χ2v) is 4.54. The van der Waals surface area contributed by atoms with Gasteiger partial charge in [-0.15, -0.1) is 0 Å². The summed E-state index contributed by atoms with van der Waals surface area (Å²) in [6, 6.07) is 8.54. The molecule has 1 aromatic carbocycles. The van der Waals surface area contributed by atoms with Crippen LogP contribution in [0.3, 0.4) is 0 Å². The van der Waals surface area contributed by atoms with Gasteiger partial charge >= 0.3 is 0 Å². The third-order valence-corrected chi connectivity index (χ3v) is 3.06. The van der Waals surface area contributed by atoms with Crippen LogP contribution in [0.2, 0.25) is 0 Å². The fourth-order valence-corrected chi connectivity index (χ4v) is 1.99. The Morgan fingerprint density at radius 2 is 1.85 bits per heavy atom. The van der Waals surface area contributed by atoms with E-state index in [0.717, 1.165) is 5.76 Å². The van der Waals surface area contributed by atoms with Gasteiger partial charge in [-0.3, -0.25) is 9.59 Å². The van der Waals surface area contributed by atoms with Crippen molar-refractivity contribution in [2.75, 3.05) is 0 Å². The van der Waals surface area contributed by atoms with Crippen molar-refractivity contribution in [3.05, 3.63) is 58.5 Å². The van der Waals surface area contributed by atoms with Gasteiger partial charge in [0.05, 0.1) is 6.54 Å². The van der Waals surface area contributed by atoms with E-state index < -0.39 is 5.91 Å². The number of amides is 2. The zero-order valence-electron chi connectivity index (χ0n) is 11.4. The Morgan fingerprint density at radius 1 is 1.15 bits per heavy atom. The Bertz CT molecular complexity index is 659. The fraction of sp³-hybridized carbons (Fsp3) is 0.200. The summed E-state index contributed by atoms with van der Waals surface area (Å²) >= 11 is 0. The predicted octanol–water partition coefficient (Wildman–Crippen LogP) is 1.93. The Hall–Kier alpha value is -2.56. The lowest BCUT2D eigenvalue weighted by Gasteiger charge is -2.09. The monoisotopic (exact) mass is 272 g/mol. The first-order chi connectivity index (χ1) is 9.49. The highest BCUT2D eigenvalue weighted by atomic mass is 16.3. The van der Waals surface area contributed by atoms with E-state index >= 15 is 0 Å². The highest BCUT2D eigenvalue weighted by molar-refractivity contribution is 6.01. The second-order valence-electron chi connectivity index (χ2n) is 4.54. The molecule has 1 aromatic heterocycles. The molecule has 104 valence electrons. The predicted molar refractivity (Wildman–Crippen MR) is 74.3 cm³/mol. The zero-order valence-corrected chi connectivity index (χ0v) is 11.4. The van der Waals surface area contributed by atoms with E-state index in [-0.39, 0.29) is 5.91 Å². The maximum absolute atomic E-state index is 12.1. The smallest absolute Gasteiger partial charge is 0.251 e. The lowest BCUT2D eigenvalue weighted by Crippen LogP contribution is -2.24. The van der Waals surface area contributed by atoms with Crippen molar-refractivity contribution in [3.63, 3.8) is 0 Å². The summed E-state index contributed by atoms with van der Waals surface area (Å²) in [7, 11) is 0. The summed E-state index contributed by atoms with van der Waals surface area (Å²) < 4.78 is 5.37. The number of aryl methyl sites for hydroxylation is 1. The van der Waals surface area contributed by atoms with E-state index in [1.807, 2.05) is 19.1 Å². The van der Waals surface area contributed by atoms with E-state index in [9.17, 15) is 9.59 Å². The van der Waals surface area contributed by atoms with Crippen molar-refractivity contribution in [1.82, 2.24) is 5.32 Å². The Labute approximate surface area is 116 Å². The van der Waals surface area contributed by atoms with Gasteiger partial charge in [0.2, 0.25) is 5.91 Å². The molecule has 5 nitrogen and oxygen atoms in total. The first-order valence-electron chi connectivity index (χ1n) is 6.22. The summed E-state index contributed by atoms with van der Waals surface area (Å²) in [6.45, 7) is 3.84. The van der Waals surface area contributed by atoms with Gasteiger partial charge in [-0.05, 0) is 43.7 Å². The van der Waals surface area contributed by atoms with E-state index in [1.54, 1.807) is 25.1 Å². The van der Waals surface area contributed by atoms with Crippen LogP contribution in [0.1, 0.15) is 37.8 Å². The van der Waals surface area contributed by atoms with Gasteiger partial charge in [0.25, 0.3) is 5.91 Å². The molecule has 0 bridgehead atoms. The standard InChI is InChI=1S/C15H16N2O3/c1-9-6-7-11(20-9)8-17-15(19)13-5-3-4-12(10(13)2)14(16)18/h3-7H,8H2,1-2H3,(H2,16,18)(H,17,19). The van der Waals surface area contributed by atoms with Crippen molar-refractivity contribution >= 4 is 11.8 Å². The van der Waals surface area contributed by atoms with Gasteiger partial charge in [-0.2, -0.15) is 0 Å². The van der Waals surface area contributed by atoms with Crippen LogP contribution in [0.15, 0.2) is 34.7 Å². The number of carbonyl (C=O) groups is 2. The summed E-state index contributed by atoms with van der Waals surface area (Å²) in [5, 5.41) is 2.75. The number of hydrogen-bond acceptors (Lipinski definition) is 3. The van der Waals surface area contributed by atoms with Crippen LogP contribution in [0.25, 0.3) is 0 Å². The normalized spacial score (nSPS) is 10.3. The van der Waals surface area contributed by atoms with Gasteiger partial charge < -0.3 is 15.5 Å². The summed E-state index contributed by atoms with van der Waals surface area (Å²) in [5.41, 5.74) is 6.63. The molecule has 0 atom stereocenters. The number of hydrogen-bond donors (Lipinski definition) is 2. The van der Waals surface area contributed by atoms with Crippen molar-refractivity contribution in [3.8, 4) is 0 Å². The molecule has 0 radical (unpaired) electrons. The van der Waals surface area contributed by atoms with Crippen molar-refractivity contribution in [2.24, 2.45) is 5.73 Å². The number of rotatable bonds is 4. The number of nitrogens with two attached hydrogens (primary N) is 1. The molecule has 0 aliphatic heterocycles. The van der Waals surface area contributed by atoms with Gasteiger partial charge in [0.15, 0.2) is 0 Å². The maximum Gasteiger partial charge on any atom is 0.251 e. The minimum atomic E-state index is -0.543. The van der Waals surface area contributed by atoms with Crippen LogP contribution in [-0.2, 0) is 6.54 Å². The van der Waals surface area contributed by atoms with Crippen LogP contribution in [0, 0.1) is 13.8 Å². The number of carbonyl (C=O) groups excluding carboxylic acids is 2. The first-order valence-corrected chi connectivity index (χ1v) is 6.22. The van der Waals surface area contributed by atoms with Crippen molar-refractivity contribution in [2.45, 2.75) is 20.4 Å². The number of benzene rings is 1. The fourth-order valence-electron chi connectivity index (χ4n) is 1.99. The van der Waals surface area contributed by atoms with Crippen LogP contribution in [-0.4, -0.2) is 11.8 Å². The summed E-state index contributed by atoms with van der Waals surface area (Å²) in [5.74, 6) is 0.666. The van der Waals surface area contributed by atoms with Crippen molar-refractivity contribution in [1.29, 1.82) is 0 Å². The second kappa shape index (κ2) is 5.61. The number of nitrogens with one attached hydrogen (secondary N) is 1. The molecule has 2 rings (SSSR count). The van der Waals surface area contributed by atoms with Crippen LogP contribution >= 0.6 is 0 Å². The lowest BCUT2D eigenvalue weighted by atomic mass is 10.0. The number of furan rings is 1. The van der Waals surface area contributed by atoms with E-state index in [4.69, 9.17) is 10.2 Å². The van der Waals surface area contributed by atoms with Gasteiger partial charge in [0.1, 0.15) is 11.5 Å². The molecule has 0 spiro atoms. The molecule has 0 fully saturated rings. The van der Waals surface area contributed by atoms with Crippen molar-refractivity contribution < 1.29 is 14.0 Å². The van der Waals surface area contributed by atoms with Crippen LogP contribution in [0.4, 0.5) is 0 Å². The highest BCUT2D eigenvalue weighted by Gasteiger charge is 2.14. The van der Waals surface area contributed by atoms with E-state index in [2.05, 4.69) is 5.32 Å². The molecular formula is C15H16N2O3. The van der Waals surface area contributed by atoms with Gasteiger partial charge in [-0.1, -0.05) is 6.07 Å². The highest BCUT2D eigenvalue weighted by Crippen LogP contribution is 2.14. The average Bonchev–Trinajstić information content (AvgIpc) is 2.81. The maximum atomic E-state index is 12.1. The molecule has 20 heavy (non-hydrogen) atoms. The Kier molecular flexibility index (Phi) is 3.89. The lowest BCUT2D eigenvalue weighted by molar-refractivity contribution is 0.0947. The molecule has 0 aliphatic carbocycles. The van der Waals surface area contributed by atoms with Crippen LogP contribution < -0.4 is 11.1 Å². The molecule has 2 amide bonds. The summed E-state index contributed by atoms with van der Waals surface area (Å²) in [4.78, 5) is 23.4. The molecule has 0 unspecified atom stereocenters. The topological polar surface area (TPSA) is 85.3 Å². The van der Waals surface area contributed by atoms with Crippen LogP contribution in [0.5, 0.6) is 0 Å². The first kappa shape index (κ1) is 13.9. The minimum Gasteiger partial charge on any atom is -0.465 e. The molecule has 3 N–H and O–H groups in total. The molecule has 0 saturated carbocycles. The molecule has 0 saturated heterocycles. The summed E-state index contributed by atoms with van der Waals surface area (Å²) in [6.07, 6.45) is 0. The molecule has 1 heterocycles. The Balaban J connectivity index is 2.13. The van der Waals surface area contributed by atoms with Gasteiger partial charge in [-0.25, -0.2) is 0 Å². The van der Waals surface area contributed by atoms with Gasteiger partial charge in [0, 0.05) is 11.1 Å². The minimum absolute atomic E-state index is 0.264. The third kappa shape index (κ3) is 2.88. The number of primary amides is 1.